The Hall–Kier alpha value is -3.38. The van der Waals surface area contributed by atoms with Gasteiger partial charge in [-0.3, -0.25) is 19.0 Å². The number of halogens is 1. The SMILES string of the molecule is CCCCOc1ccc(NC(=O)c2cc3c(n(-c4ccc(Cl)cc4)c2=O)CC(C)(C)CC3=O)cc1. The van der Waals surface area contributed by atoms with Crippen LogP contribution in [0.5, 0.6) is 5.75 Å². The quantitative estimate of drug-likeness (QED) is 0.405. The molecule has 0 atom stereocenters. The number of nitrogens with zero attached hydrogens (tertiary/aromatic N) is 1. The third-order valence-electron chi connectivity index (χ3n) is 6.10. The van der Waals surface area contributed by atoms with Gasteiger partial charge in [0.1, 0.15) is 11.3 Å². The molecule has 4 rings (SSSR count). The zero-order valence-electron chi connectivity index (χ0n) is 20.2. The lowest BCUT2D eigenvalue weighted by atomic mass is 9.75. The van der Waals surface area contributed by atoms with Gasteiger partial charge in [0.05, 0.1) is 6.61 Å². The molecule has 1 aliphatic carbocycles. The number of pyridine rings is 1. The molecule has 0 aliphatic heterocycles. The summed E-state index contributed by atoms with van der Waals surface area (Å²) in [5, 5.41) is 3.31. The van der Waals surface area contributed by atoms with Crippen molar-refractivity contribution >= 4 is 29.0 Å². The third kappa shape index (κ3) is 5.49. The average Bonchev–Trinajstić information content (AvgIpc) is 2.80. The molecule has 0 radical (unpaired) electrons. The van der Waals surface area contributed by atoms with Crippen molar-refractivity contribution in [1.29, 1.82) is 0 Å². The Bertz CT molecular complexity index is 1310. The summed E-state index contributed by atoms with van der Waals surface area (Å²) >= 11 is 6.05. The Kier molecular flexibility index (Phi) is 7.13. The van der Waals surface area contributed by atoms with E-state index < -0.39 is 11.5 Å². The van der Waals surface area contributed by atoms with Crippen molar-refractivity contribution in [2.24, 2.45) is 5.41 Å². The lowest BCUT2D eigenvalue weighted by Gasteiger charge is -2.32. The number of ketones is 1. The molecule has 35 heavy (non-hydrogen) atoms. The normalized spacial score (nSPS) is 14.3. The fourth-order valence-electron chi connectivity index (χ4n) is 4.31. The fourth-order valence-corrected chi connectivity index (χ4v) is 4.43. The predicted octanol–water partition coefficient (Wildman–Crippen LogP) is 6.08. The topological polar surface area (TPSA) is 77.4 Å². The molecule has 0 bridgehead atoms. The van der Waals surface area contributed by atoms with Gasteiger partial charge in [0.15, 0.2) is 5.78 Å². The molecule has 2 aromatic carbocycles. The van der Waals surface area contributed by atoms with Crippen LogP contribution in [0.4, 0.5) is 5.69 Å². The molecule has 7 heteroatoms. The summed E-state index contributed by atoms with van der Waals surface area (Å²) in [6.07, 6.45) is 2.89. The molecule has 3 aromatic rings. The van der Waals surface area contributed by atoms with Crippen molar-refractivity contribution < 1.29 is 14.3 Å². The molecule has 1 amide bonds. The van der Waals surface area contributed by atoms with Crippen LogP contribution in [0.2, 0.25) is 5.02 Å². The Morgan fingerprint density at radius 1 is 1.06 bits per heavy atom. The highest BCUT2D eigenvalue weighted by Gasteiger charge is 2.35. The van der Waals surface area contributed by atoms with Crippen LogP contribution >= 0.6 is 11.6 Å². The first-order valence-electron chi connectivity index (χ1n) is 11.8. The van der Waals surface area contributed by atoms with E-state index >= 15 is 0 Å². The number of carbonyl (C=O) groups is 2. The second-order valence-corrected chi connectivity index (χ2v) is 10.1. The van der Waals surface area contributed by atoms with E-state index in [1.807, 2.05) is 13.8 Å². The van der Waals surface area contributed by atoms with Gasteiger partial charge in [-0.25, -0.2) is 0 Å². The number of rotatable bonds is 7. The summed E-state index contributed by atoms with van der Waals surface area (Å²) in [5.41, 5.74) is 1.25. The molecule has 1 heterocycles. The van der Waals surface area contributed by atoms with Crippen LogP contribution in [-0.2, 0) is 6.42 Å². The van der Waals surface area contributed by atoms with E-state index in [1.165, 1.54) is 10.6 Å². The van der Waals surface area contributed by atoms with E-state index in [9.17, 15) is 14.4 Å². The number of Topliss-reactive ketones (excluding diaryl/α,β-unsaturated/α-hetero) is 1. The molecule has 0 saturated heterocycles. The van der Waals surface area contributed by atoms with Crippen molar-refractivity contribution in [3.05, 3.63) is 86.8 Å². The maximum Gasteiger partial charge on any atom is 0.268 e. The second kappa shape index (κ2) is 10.1. The number of hydrogen-bond donors (Lipinski definition) is 1. The van der Waals surface area contributed by atoms with E-state index in [-0.39, 0.29) is 16.8 Å². The molecule has 0 unspecified atom stereocenters. The number of unbranched alkanes of at least 4 members (excludes halogenated alkanes) is 1. The third-order valence-corrected chi connectivity index (χ3v) is 6.35. The highest BCUT2D eigenvalue weighted by Crippen LogP contribution is 2.35. The van der Waals surface area contributed by atoms with Gasteiger partial charge in [-0.1, -0.05) is 38.8 Å². The van der Waals surface area contributed by atoms with Gasteiger partial charge in [-0.15, -0.1) is 0 Å². The van der Waals surface area contributed by atoms with Gasteiger partial charge in [-0.05, 0) is 72.9 Å². The number of hydrogen-bond acceptors (Lipinski definition) is 4. The zero-order chi connectivity index (χ0) is 25.2. The van der Waals surface area contributed by atoms with Crippen LogP contribution in [0.25, 0.3) is 5.69 Å². The van der Waals surface area contributed by atoms with Gasteiger partial charge in [-0.2, -0.15) is 0 Å². The van der Waals surface area contributed by atoms with Crippen LogP contribution in [0.15, 0.2) is 59.4 Å². The zero-order valence-corrected chi connectivity index (χ0v) is 20.9. The first-order chi connectivity index (χ1) is 16.7. The highest BCUT2D eigenvalue weighted by atomic mass is 35.5. The highest BCUT2D eigenvalue weighted by molar-refractivity contribution is 6.30. The smallest absolute Gasteiger partial charge is 0.268 e. The first-order valence-corrected chi connectivity index (χ1v) is 12.2. The molecule has 0 saturated carbocycles. The number of amides is 1. The minimum absolute atomic E-state index is 0.0819. The Balaban J connectivity index is 1.71. The van der Waals surface area contributed by atoms with Gasteiger partial charge in [0.25, 0.3) is 11.5 Å². The fraction of sp³-hybridized carbons (Fsp3) is 0.321. The molecule has 6 nitrogen and oxygen atoms in total. The summed E-state index contributed by atoms with van der Waals surface area (Å²) in [4.78, 5) is 39.9. The van der Waals surface area contributed by atoms with Crippen LogP contribution in [0.1, 0.15) is 66.4 Å². The number of benzene rings is 2. The number of fused-ring (bicyclic) bond motifs is 1. The minimum atomic E-state index is -0.571. The summed E-state index contributed by atoms with van der Waals surface area (Å²) in [5.74, 6) is 0.0583. The summed E-state index contributed by atoms with van der Waals surface area (Å²) in [6.45, 7) is 6.73. The molecule has 0 spiro atoms. The van der Waals surface area contributed by atoms with Crippen molar-refractivity contribution in [2.75, 3.05) is 11.9 Å². The Morgan fingerprint density at radius 3 is 2.40 bits per heavy atom. The lowest BCUT2D eigenvalue weighted by Crippen LogP contribution is -2.37. The average molecular weight is 493 g/mol. The molecule has 0 fully saturated rings. The molecular weight excluding hydrogens is 464 g/mol. The summed E-state index contributed by atoms with van der Waals surface area (Å²) < 4.78 is 7.14. The number of ether oxygens (including phenoxy) is 1. The maximum absolute atomic E-state index is 13.6. The van der Waals surface area contributed by atoms with E-state index in [0.29, 0.717) is 52.9 Å². The Labute approximate surface area is 209 Å². The largest absolute Gasteiger partial charge is 0.494 e. The summed E-state index contributed by atoms with van der Waals surface area (Å²) in [6, 6.07) is 15.2. The predicted molar refractivity (Wildman–Crippen MR) is 138 cm³/mol. The van der Waals surface area contributed by atoms with Crippen molar-refractivity contribution in [3.8, 4) is 11.4 Å². The van der Waals surface area contributed by atoms with Gasteiger partial charge in [0, 0.05) is 34.1 Å². The van der Waals surface area contributed by atoms with Gasteiger partial charge < -0.3 is 10.1 Å². The molecule has 182 valence electrons. The summed E-state index contributed by atoms with van der Waals surface area (Å²) in [7, 11) is 0. The molecule has 1 aliphatic rings. The van der Waals surface area contributed by atoms with Crippen LogP contribution in [0, 0.1) is 5.41 Å². The van der Waals surface area contributed by atoms with Crippen LogP contribution < -0.4 is 15.6 Å². The standard InChI is InChI=1S/C28H29ClN2O4/c1-4-5-14-35-21-12-8-19(9-13-21)30-26(33)23-15-22-24(16-28(2,3)17-25(22)32)31(27(23)34)20-10-6-18(29)7-11-20/h6-13,15H,4-5,14,16-17H2,1-3H3,(H,30,33). The van der Waals surface area contributed by atoms with Crippen molar-refractivity contribution in [1.82, 2.24) is 4.57 Å². The number of anilines is 1. The minimum Gasteiger partial charge on any atom is -0.494 e. The maximum atomic E-state index is 13.6. The molecular formula is C28H29ClN2O4. The van der Waals surface area contributed by atoms with E-state index in [2.05, 4.69) is 12.2 Å². The second-order valence-electron chi connectivity index (χ2n) is 9.66. The number of aromatic nitrogens is 1. The molecule has 1 N–H and O–H groups in total. The van der Waals surface area contributed by atoms with Crippen molar-refractivity contribution in [2.45, 2.75) is 46.5 Å². The lowest BCUT2D eigenvalue weighted by molar-refractivity contribution is 0.0909. The van der Waals surface area contributed by atoms with E-state index in [0.717, 1.165) is 12.8 Å². The van der Waals surface area contributed by atoms with E-state index in [4.69, 9.17) is 16.3 Å². The van der Waals surface area contributed by atoms with Gasteiger partial charge >= 0.3 is 0 Å². The van der Waals surface area contributed by atoms with Crippen molar-refractivity contribution in [3.63, 3.8) is 0 Å². The number of nitrogens with one attached hydrogen (secondary N) is 1. The molecule has 1 aromatic heterocycles. The Morgan fingerprint density at radius 2 is 1.74 bits per heavy atom. The first kappa shape index (κ1) is 24.7. The number of carbonyl (C=O) groups excluding carboxylic acids is 2. The monoisotopic (exact) mass is 492 g/mol. The van der Waals surface area contributed by atoms with Crippen LogP contribution in [-0.4, -0.2) is 22.9 Å². The van der Waals surface area contributed by atoms with Crippen LogP contribution in [0.3, 0.4) is 0 Å². The van der Waals surface area contributed by atoms with Gasteiger partial charge in [0.2, 0.25) is 0 Å². The van der Waals surface area contributed by atoms with E-state index in [1.54, 1.807) is 48.5 Å².